The number of hydrogen-bond donors (Lipinski definition) is 2. The Hall–Kier alpha value is -0.870. The van der Waals surface area contributed by atoms with E-state index in [1.54, 1.807) is 19.1 Å². The SMILES string of the molecule is CC(Sc1ccc(O)c(Cl)c1)C(=O)O. The molecular formula is C9H9ClO3S. The van der Waals surface area contributed by atoms with Gasteiger partial charge in [-0.2, -0.15) is 0 Å². The van der Waals surface area contributed by atoms with Crippen LogP contribution >= 0.6 is 23.4 Å². The molecule has 1 atom stereocenters. The monoisotopic (exact) mass is 232 g/mol. The fourth-order valence-electron chi connectivity index (χ4n) is 0.815. The predicted molar refractivity (Wildman–Crippen MR) is 56.1 cm³/mol. The number of halogens is 1. The summed E-state index contributed by atoms with van der Waals surface area (Å²) in [6, 6.07) is 4.62. The van der Waals surface area contributed by atoms with Crippen molar-refractivity contribution < 1.29 is 15.0 Å². The van der Waals surface area contributed by atoms with Crippen molar-refractivity contribution in [2.45, 2.75) is 17.1 Å². The van der Waals surface area contributed by atoms with Crippen molar-refractivity contribution in [3.63, 3.8) is 0 Å². The Morgan fingerprint density at radius 1 is 1.57 bits per heavy atom. The molecule has 0 bridgehead atoms. The summed E-state index contributed by atoms with van der Waals surface area (Å²) in [4.78, 5) is 11.3. The maximum absolute atomic E-state index is 10.6. The first-order chi connectivity index (χ1) is 6.50. The summed E-state index contributed by atoms with van der Waals surface area (Å²) in [5.41, 5.74) is 0. The first-order valence-corrected chi connectivity index (χ1v) is 5.14. The molecule has 3 nitrogen and oxygen atoms in total. The Labute approximate surface area is 90.7 Å². The lowest BCUT2D eigenvalue weighted by atomic mass is 10.3. The van der Waals surface area contributed by atoms with E-state index in [4.69, 9.17) is 21.8 Å². The molecule has 0 aliphatic heterocycles. The fourth-order valence-corrected chi connectivity index (χ4v) is 1.90. The molecule has 76 valence electrons. The first-order valence-electron chi connectivity index (χ1n) is 3.88. The lowest BCUT2D eigenvalue weighted by Gasteiger charge is -2.06. The molecule has 0 spiro atoms. The smallest absolute Gasteiger partial charge is 0.316 e. The van der Waals surface area contributed by atoms with Crippen molar-refractivity contribution in [3.05, 3.63) is 23.2 Å². The number of hydrogen-bond acceptors (Lipinski definition) is 3. The van der Waals surface area contributed by atoms with Gasteiger partial charge in [0.25, 0.3) is 0 Å². The number of rotatable bonds is 3. The quantitative estimate of drug-likeness (QED) is 0.787. The molecule has 2 N–H and O–H groups in total. The molecular weight excluding hydrogens is 224 g/mol. The van der Waals surface area contributed by atoms with Crippen LogP contribution in [-0.4, -0.2) is 21.4 Å². The summed E-state index contributed by atoms with van der Waals surface area (Å²) in [5, 5.41) is 17.5. The largest absolute Gasteiger partial charge is 0.506 e. The fraction of sp³-hybridized carbons (Fsp3) is 0.222. The van der Waals surface area contributed by atoms with Gasteiger partial charge in [0.15, 0.2) is 0 Å². The molecule has 0 heterocycles. The van der Waals surface area contributed by atoms with Gasteiger partial charge in [-0.05, 0) is 25.1 Å². The molecule has 0 aliphatic rings. The number of thioether (sulfide) groups is 1. The van der Waals surface area contributed by atoms with E-state index in [9.17, 15) is 4.79 Å². The number of aliphatic carboxylic acids is 1. The Bertz CT molecular complexity index is 354. The van der Waals surface area contributed by atoms with Crippen molar-refractivity contribution in [1.29, 1.82) is 0 Å². The summed E-state index contributed by atoms with van der Waals surface area (Å²) in [5.74, 6) is -0.877. The van der Waals surface area contributed by atoms with Crippen LogP contribution in [0.4, 0.5) is 0 Å². The third kappa shape index (κ3) is 2.82. The highest BCUT2D eigenvalue weighted by molar-refractivity contribution is 8.00. The molecule has 1 aromatic rings. The molecule has 0 amide bonds. The van der Waals surface area contributed by atoms with Gasteiger partial charge in [0.1, 0.15) is 11.0 Å². The minimum absolute atomic E-state index is 0.000931. The molecule has 1 rings (SSSR count). The van der Waals surface area contributed by atoms with E-state index in [2.05, 4.69) is 0 Å². The number of carbonyl (C=O) groups is 1. The second-order valence-electron chi connectivity index (χ2n) is 2.71. The van der Waals surface area contributed by atoms with Crippen LogP contribution in [0.3, 0.4) is 0 Å². The summed E-state index contributed by atoms with van der Waals surface area (Å²) < 4.78 is 0. The first kappa shape index (κ1) is 11.2. The number of carboxylic acids is 1. The van der Waals surface area contributed by atoms with E-state index in [0.29, 0.717) is 0 Å². The van der Waals surface area contributed by atoms with E-state index < -0.39 is 11.2 Å². The van der Waals surface area contributed by atoms with Crippen LogP contribution in [0.15, 0.2) is 23.1 Å². The lowest BCUT2D eigenvalue weighted by molar-refractivity contribution is -0.136. The average molecular weight is 233 g/mol. The predicted octanol–water partition coefficient (Wildman–Crippen LogP) is 2.61. The van der Waals surface area contributed by atoms with Crippen LogP contribution in [0.25, 0.3) is 0 Å². The van der Waals surface area contributed by atoms with Crippen molar-refractivity contribution in [2.24, 2.45) is 0 Å². The maximum atomic E-state index is 10.6. The average Bonchev–Trinajstić information content (AvgIpc) is 2.11. The zero-order chi connectivity index (χ0) is 10.7. The molecule has 1 aromatic carbocycles. The Morgan fingerprint density at radius 3 is 2.71 bits per heavy atom. The molecule has 0 fully saturated rings. The molecule has 0 saturated heterocycles. The zero-order valence-corrected chi connectivity index (χ0v) is 8.97. The highest BCUT2D eigenvalue weighted by Crippen LogP contribution is 2.30. The van der Waals surface area contributed by atoms with Crippen LogP contribution in [0, 0.1) is 0 Å². The minimum Gasteiger partial charge on any atom is -0.506 e. The molecule has 0 aromatic heterocycles. The van der Waals surface area contributed by atoms with E-state index in [1.165, 1.54) is 17.8 Å². The van der Waals surface area contributed by atoms with Crippen molar-refractivity contribution in [2.75, 3.05) is 0 Å². The third-order valence-corrected chi connectivity index (χ3v) is 2.96. The van der Waals surface area contributed by atoms with Gasteiger partial charge >= 0.3 is 5.97 Å². The highest BCUT2D eigenvalue weighted by atomic mass is 35.5. The van der Waals surface area contributed by atoms with E-state index in [0.717, 1.165) is 4.90 Å². The lowest BCUT2D eigenvalue weighted by Crippen LogP contribution is -2.10. The Balaban J connectivity index is 2.78. The molecule has 0 radical (unpaired) electrons. The minimum atomic E-state index is -0.876. The Morgan fingerprint density at radius 2 is 2.21 bits per heavy atom. The van der Waals surface area contributed by atoms with Gasteiger partial charge in [-0.1, -0.05) is 11.6 Å². The van der Waals surface area contributed by atoms with Gasteiger partial charge < -0.3 is 10.2 Å². The van der Waals surface area contributed by atoms with Gasteiger partial charge in [-0.25, -0.2) is 0 Å². The number of phenols is 1. The van der Waals surface area contributed by atoms with Crippen LogP contribution < -0.4 is 0 Å². The number of benzene rings is 1. The second kappa shape index (κ2) is 4.57. The second-order valence-corrected chi connectivity index (χ2v) is 4.53. The van der Waals surface area contributed by atoms with E-state index in [1.807, 2.05) is 0 Å². The standard InChI is InChI=1S/C9H9ClO3S/c1-5(9(12)13)14-6-2-3-8(11)7(10)4-6/h2-5,11H,1H3,(H,12,13). The van der Waals surface area contributed by atoms with Gasteiger partial charge in [0.2, 0.25) is 0 Å². The van der Waals surface area contributed by atoms with Crippen LogP contribution in [0.2, 0.25) is 5.02 Å². The third-order valence-electron chi connectivity index (χ3n) is 1.58. The van der Waals surface area contributed by atoms with Crippen LogP contribution in [0.5, 0.6) is 5.75 Å². The van der Waals surface area contributed by atoms with Crippen molar-refractivity contribution in [3.8, 4) is 5.75 Å². The number of carboxylic acid groups (broad SMARTS) is 1. The Kier molecular flexibility index (Phi) is 3.66. The molecule has 0 saturated carbocycles. The number of aromatic hydroxyl groups is 1. The highest BCUT2D eigenvalue weighted by Gasteiger charge is 2.12. The summed E-state index contributed by atoms with van der Waals surface area (Å²) in [6.07, 6.45) is 0. The van der Waals surface area contributed by atoms with Crippen LogP contribution in [0.1, 0.15) is 6.92 Å². The van der Waals surface area contributed by atoms with Gasteiger partial charge in [-0.3, -0.25) is 4.79 Å². The molecule has 5 heteroatoms. The molecule has 1 unspecified atom stereocenters. The normalized spacial score (nSPS) is 12.4. The molecule has 0 aliphatic carbocycles. The maximum Gasteiger partial charge on any atom is 0.316 e. The van der Waals surface area contributed by atoms with Crippen molar-refractivity contribution in [1.82, 2.24) is 0 Å². The molecule has 14 heavy (non-hydrogen) atoms. The summed E-state index contributed by atoms with van der Waals surface area (Å²) >= 11 is 6.85. The summed E-state index contributed by atoms with van der Waals surface area (Å²) in [7, 11) is 0. The van der Waals surface area contributed by atoms with Gasteiger partial charge in [-0.15, -0.1) is 11.8 Å². The zero-order valence-electron chi connectivity index (χ0n) is 7.40. The topological polar surface area (TPSA) is 57.5 Å². The summed E-state index contributed by atoms with van der Waals surface area (Å²) in [6.45, 7) is 1.59. The van der Waals surface area contributed by atoms with E-state index in [-0.39, 0.29) is 10.8 Å². The van der Waals surface area contributed by atoms with Gasteiger partial charge in [0.05, 0.1) is 5.02 Å². The van der Waals surface area contributed by atoms with Crippen LogP contribution in [-0.2, 0) is 4.79 Å². The van der Waals surface area contributed by atoms with Gasteiger partial charge in [0, 0.05) is 4.90 Å². The van der Waals surface area contributed by atoms with E-state index >= 15 is 0 Å². The van der Waals surface area contributed by atoms with Crippen molar-refractivity contribution >= 4 is 29.3 Å². The number of phenolic OH excluding ortho intramolecular Hbond substituents is 1.